The number of carbonyl (C=O) groups is 1. The molecular formula is C10H21N3O2. The Morgan fingerprint density at radius 1 is 1.60 bits per heavy atom. The van der Waals surface area contributed by atoms with Crippen LogP contribution in [0, 0.1) is 0 Å². The van der Waals surface area contributed by atoms with Gasteiger partial charge in [0.05, 0.1) is 12.7 Å². The smallest absolute Gasteiger partial charge is 0.315 e. The van der Waals surface area contributed by atoms with Gasteiger partial charge in [-0.2, -0.15) is 0 Å². The molecule has 0 radical (unpaired) electrons. The summed E-state index contributed by atoms with van der Waals surface area (Å²) in [4.78, 5) is 13.5. The maximum atomic E-state index is 11.3. The van der Waals surface area contributed by atoms with Crippen LogP contribution in [0.3, 0.4) is 0 Å². The molecule has 5 nitrogen and oxygen atoms in total. The molecule has 1 heterocycles. The molecular weight excluding hydrogens is 194 g/mol. The number of urea groups is 1. The van der Waals surface area contributed by atoms with Crippen LogP contribution in [-0.2, 0) is 4.74 Å². The first-order valence-electron chi connectivity index (χ1n) is 5.42. The molecule has 0 bridgehead atoms. The lowest BCUT2D eigenvalue weighted by Gasteiger charge is -2.30. The third-order valence-electron chi connectivity index (χ3n) is 2.25. The lowest BCUT2D eigenvalue weighted by Crippen LogP contribution is -2.48. The molecule has 0 aromatic carbocycles. The predicted molar refractivity (Wildman–Crippen MR) is 58.9 cm³/mol. The van der Waals surface area contributed by atoms with Gasteiger partial charge in [0.15, 0.2) is 0 Å². The van der Waals surface area contributed by atoms with E-state index in [-0.39, 0.29) is 18.2 Å². The van der Waals surface area contributed by atoms with Gasteiger partial charge in [0.1, 0.15) is 0 Å². The summed E-state index contributed by atoms with van der Waals surface area (Å²) < 4.78 is 5.52. The number of nitrogens with one attached hydrogen (secondary N) is 2. The molecule has 1 unspecified atom stereocenters. The van der Waals surface area contributed by atoms with Crippen LogP contribution in [0.2, 0.25) is 0 Å². The second kappa shape index (κ2) is 5.92. The number of likely N-dealkylation sites (N-methyl/N-ethyl adjacent to an activating group) is 1. The molecule has 0 aromatic heterocycles. The van der Waals surface area contributed by atoms with Crippen LogP contribution < -0.4 is 10.6 Å². The molecule has 1 aliphatic heterocycles. The van der Waals surface area contributed by atoms with E-state index in [0.717, 1.165) is 19.7 Å². The molecule has 2 amide bonds. The predicted octanol–water partition coefficient (Wildman–Crippen LogP) is 0.0246. The van der Waals surface area contributed by atoms with Crippen molar-refractivity contribution in [2.45, 2.75) is 26.0 Å². The van der Waals surface area contributed by atoms with E-state index in [1.807, 2.05) is 13.8 Å². The average Bonchev–Trinajstić information content (AvgIpc) is 2.14. The van der Waals surface area contributed by atoms with Crippen molar-refractivity contribution in [2.75, 3.05) is 33.3 Å². The van der Waals surface area contributed by atoms with Crippen molar-refractivity contribution in [1.82, 2.24) is 15.5 Å². The van der Waals surface area contributed by atoms with Crippen LogP contribution in [0.15, 0.2) is 0 Å². The summed E-state index contributed by atoms with van der Waals surface area (Å²) in [5, 5.41) is 5.58. The fraction of sp³-hybridized carbons (Fsp3) is 0.900. The molecule has 5 heteroatoms. The normalized spacial score (nSPS) is 22.8. The summed E-state index contributed by atoms with van der Waals surface area (Å²) in [6.45, 7) is 7.03. The summed E-state index contributed by atoms with van der Waals surface area (Å²) in [5.74, 6) is 0. The van der Waals surface area contributed by atoms with E-state index in [1.165, 1.54) is 0 Å². The Hall–Kier alpha value is -0.810. The van der Waals surface area contributed by atoms with Gasteiger partial charge in [0, 0.05) is 25.7 Å². The van der Waals surface area contributed by atoms with Crippen LogP contribution in [0.1, 0.15) is 13.8 Å². The van der Waals surface area contributed by atoms with Crippen molar-refractivity contribution in [1.29, 1.82) is 0 Å². The maximum absolute atomic E-state index is 11.3. The molecule has 88 valence electrons. The Morgan fingerprint density at radius 2 is 2.33 bits per heavy atom. The molecule has 1 saturated heterocycles. The third kappa shape index (κ3) is 4.99. The van der Waals surface area contributed by atoms with Crippen molar-refractivity contribution < 1.29 is 9.53 Å². The highest BCUT2D eigenvalue weighted by molar-refractivity contribution is 5.74. The molecule has 15 heavy (non-hydrogen) atoms. The molecule has 1 fully saturated rings. The van der Waals surface area contributed by atoms with Gasteiger partial charge >= 0.3 is 6.03 Å². The van der Waals surface area contributed by atoms with E-state index in [2.05, 4.69) is 22.6 Å². The van der Waals surface area contributed by atoms with Gasteiger partial charge in [-0.3, -0.25) is 0 Å². The zero-order chi connectivity index (χ0) is 11.3. The Morgan fingerprint density at radius 3 is 2.93 bits per heavy atom. The van der Waals surface area contributed by atoms with Gasteiger partial charge in [0.25, 0.3) is 0 Å². The maximum Gasteiger partial charge on any atom is 0.315 e. The zero-order valence-electron chi connectivity index (χ0n) is 9.75. The molecule has 0 aromatic rings. The van der Waals surface area contributed by atoms with Crippen LogP contribution >= 0.6 is 0 Å². The quantitative estimate of drug-likeness (QED) is 0.698. The molecule has 1 rings (SSSR count). The number of hydrogen-bond acceptors (Lipinski definition) is 3. The SMILES string of the molecule is CC(C)NC(=O)NCC1CN(C)CCO1. The number of rotatable bonds is 3. The number of amides is 2. The molecule has 1 aliphatic rings. The fourth-order valence-corrected chi connectivity index (χ4v) is 1.51. The Balaban J connectivity index is 2.16. The number of carbonyl (C=O) groups excluding carboxylic acids is 1. The number of nitrogens with zero attached hydrogens (tertiary/aromatic N) is 1. The summed E-state index contributed by atoms with van der Waals surface area (Å²) in [5.41, 5.74) is 0. The summed E-state index contributed by atoms with van der Waals surface area (Å²) in [6, 6.07) is 0.0433. The summed E-state index contributed by atoms with van der Waals surface area (Å²) in [6.07, 6.45) is 0.113. The second-order valence-corrected chi connectivity index (χ2v) is 4.26. The first-order valence-corrected chi connectivity index (χ1v) is 5.42. The number of ether oxygens (including phenoxy) is 1. The van der Waals surface area contributed by atoms with E-state index in [9.17, 15) is 4.79 Å². The van der Waals surface area contributed by atoms with E-state index < -0.39 is 0 Å². The number of hydrogen-bond donors (Lipinski definition) is 2. The number of morpholine rings is 1. The van der Waals surface area contributed by atoms with Crippen molar-refractivity contribution in [3.63, 3.8) is 0 Å². The van der Waals surface area contributed by atoms with E-state index in [0.29, 0.717) is 6.54 Å². The molecule has 0 saturated carbocycles. The van der Waals surface area contributed by atoms with E-state index in [4.69, 9.17) is 4.74 Å². The van der Waals surface area contributed by atoms with Gasteiger partial charge in [-0.25, -0.2) is 4.79 Å². The first kappa shape index (κ1) is 12.3. The van der Waals surface area contributed by atoms with Crippen molar-refractivity contribution in [3.05, 3.63) is 0 Å². The van der Waals surface area contributed by atoms with Gasteiger partial charge < -0.3 is 20.3 Å². The second-order valence-electron chi connectivity index (χ2n) is 4.26. The van der Waals surface area contributed by atoms with E-state index >= 15 is 0 Å². The molecule has 0 aliphatic carbocycles. The fourth-order valence-electron chi connectivity index (χ4n) is 1.51. The van der Waals surface area contributed by atoms with Crippen molar-refractivity contribution >= 4 is 6.03 Å². The minimum absolute atomic E-state index is 0.113. The van der Waals surface area contributed by atoms with Gasteiger partial charge in [-0.05, 0) is 20.9 Å². The highest BCUT2D eigenvalue weighted by Crippen LogP contribution is 2.01. The van der Waals surface area contributed by atoms with Gasteiger partial charge in [-0.15, -0.1) is 0 Å². The molecule has 0 spiro atoms. The Labute approximate surface area is 91.2 Å². The van der Waals surface area contributed by atoms with Gasteiger partial charge in [0.2, 0.25) is 0 Å². The van der Waals surface area contributed by atoms with Crippen molar-refractivity contribution in [2.24, 2.45) is 0 Å². The standard InChI is InChI=1S/C10H21N3O2/c1-8(2)12-10(14)11-6-9-7-13(3)4-5-15-9/h8-9H,4-7H2,1-3H3,(H2,11,12,14). The van der Waals surface area contributed by atoms with Crippen LogP contribution in [-0.4, -0.2) is 56.4 Å². The molecule has 1 atom stereocenters. The van der Waals surface area contributed by atoms with Gasteiger partial charge in [-0.1, -0.05) is 0 Å². The monoisotopic (exact) mass is 215 g/mol. The van der Waals surface area contributed by atoms with Crippen LogP contribution in [0.5, 0.6) is 0 Å². The summed E-state index contributed by atoms with van der Waals surface area (Å²) >= 11 is 0. The lowest BCUT2D eigenvalue weighted by molar-refractivity contribution is -0.0168. The average molecular weight is 215 g/mol. The van der Waals surface area contributed by atoms with E-state index in [1.54, 1.807) is 0 Å². The van der Waals surface area contributed by atoms with Crippen molar-refractivity contribution in [3.8, 4) is 0 Å². The topological polar surface area (TPSA) is 53.6 Å². The largest absolute Gasteiger partial charge is 0.374 e. The first-order chi connectivity index (χ1) is 7.08. The van der Waals surface area contributed by atoms with Crippen LogP contribution in [0.25, 0.3) is 0 Å². The summed E-state index contributed by atoms with van der Waals surface area (Å²) in [7, 11) is 2.06. The Bertz CT molecular complexity index is 209. The zero-order valence-corrected chi connectivity index (χ0v) is 9.75. The Kier molecular flexibility index (Phi) is 4.84. The lowest BCUT2D eigenvalue weighted by atomic mass is 10.3. The third-order valence-corrected chi connectivity index (χ3v) is 2.25. The minimum Gasteiger partial charge on any atom is -0.374 e. The minimum atomic E-state index is -0.123. The van der Waals surface area contributed by atoms with Crippen LogP contribution in [0.4, 0.5) is 4.79 Å². The molecule has 2 N–H and O–H groups in total. The highest BCUT2D eigenvalue weighted by Gasteiger charge is 2.18. The highest BCUT2D eigenvalue weighted by atomic mass is 16.5.